The number of hydrogen-bond donors (Lipinski definition) is 2. The third kappa shape index (κ3) is 4.49. The van der Waals surface area contributed by atoms with Crippen molar-refractivity contribution in [3.05, 3.63) is 0 Å². The number of piperidine rings is 1. The summed E-state index contributed by atoms with van der Waals surface area (Å²) in [5, 5.41) is 3.10. The van der Waals surface area contributed by atoms with Gasteiger partial charge in [0, 0.05) is 31.1 Å². The van der Waals surface area contributed by atoms with E-state index in [-0.39, 0.29) is 11.9 Å². The summed E-state index contributed by atoms with van der Waals surface area (Å²) in [5.41, 5.74) is 5.63. The van der Waals surface area contributed by atoms with E-state index in [2.05, 4.69) is 24.2 Å². The van der Waals surface area contributed by atoms with Gasteiger partial charge in [0.2, 0.25) is 5.91 Å². The van der Waals surface area contributed by atoms with E-state index >= 15 is 0 Å². The van der Waals surface area contributed by atoms with E-state index in [4.69, 9.17) is 5.73 Å². The smallest absolute Gasteiger partial charge is 0.220 e. The van der Waals surface area contributed by atoms with E-state index in [1.165, 1.54) is 0 Å². The van der Waals surface area contributed by atoms with Crippen molar-refractivity contribution < 1.29 is 4.79 Å². The van der Waals surface area contributed by atoms with Gasteiger partial charge in [-0.25, -0.2) is 0 Å². The molecule has 3 N–H and O–H groups in total. The highest BCUT2D eigenvalue weighted by molar-refractivity contribution is 5.76. The van der Waals surface area contributed by atoms with Gasteiger partial charge in [-0.15, -0.1) is 0 Å². The van der Waals surface area contributed by atoms with Gasteiger partial charge in [0.25, 0.3) is 0 Å². The molecule has 1 saturated heterocycles. The zero-order chi connectivity index (χ0) is 12.1. The fourth-order valence-corrected chi connectivity index (χ4v) is 2.08. The molecule has 0 bridgehead atoms. The minimum Gasteiger partial charge on any atom is -0.353 e. The van der Waals surface area contributed by atoms with Crippen molar-refractivity contribution >= 4 is 5.91 Å². The molecule has 1 rings (SSSR count). The molecule has 0 aromatic rings. The Morgan fingerprint density at radius 1 is 1.62 bits per heavy atom. The van der Waals surface area contributed by atoms with Crippen LogP contribution in [-0.4, -0.2) is 42.5 Å². The topological polar surface area (TPSA) is 58.4 Å². The van der Waals surface area contributed by atoms with Crippen LogP contribution in [0.1, 0.15) is 39.5 Å². The van der Waals surface area contributed by atoms with Gasteiger partial charge < -0.3 is 16.0 Å². The summed E-state index contributed by atoms with van der Waals surface area (Å²) in [6, 6.07) is 1.03. The maximum absolute atomic E-state index is 11.6. The molecule has 3 unspecified atom stereocenters. The maximum atomic E-state index is 11.6. The Kier molecular flexibility index (Phi) is 5.22. The fourth-order valence-electron chi connectivity index (χ4n) is 2.08. The minimum absolute atomic E-state index is 0.113. The van der Waals surface area contributed by atoms with Crippen molar-refractivity contribution in [3.63, 3.8) is 0 Å². The van der Waals surface area contributed by atoms with Crippen molar-refractivity contribution in [1.29, 1.82) is 0 Å². The summed E-state index contributed by atoms with van der Waals surface area (Å²) in [6.07, 6.45) is 3.44. The predicted octanol–water partition coefficient (Wildman–Crippen LogP) is 0.713. The van der Waals surface area contributed by atoms with Gasteiger partial charge >= 0.3 is 0 Å². The quantitative estimate of drug-likeness (QED) is 0.744. The number of hydrogen-bond acceptors (Lipinski definition) is 3. The molecule has 1 fully saturated rings. The Morgan fingerprint density at radius 2 is 2.31 bits per heavy atom. The number of carbonyl (C=O) groups is 1. The zero-order valence-corrected chi connectivity index (χ0v) is 10.7. The van der Waals surface area contributed by atoms with Crippen molar-refractivity contribution in [3.8, 4) is 0 Å². The molecule has 1 aliphatic rings. The Hall–Kier alpha value is -0.610. The lowest BCUT2D eigenvalue weighted by Gasteiger charge is -2.35. The van der Waals surface area contributed by atoms with Crippen LogP contribution in [0.2, 0.25) is 0 Å². The number of amides is 1. The Bertz CT molecular complexity index is 230. The van der Waals surface area contributed by atoms with Crippen LogP contribution in [0.3, 0.4) is 0 Å². The molecule has 16 heavy (non-hydrogen) atoms. The standard InChI is InChI=1S/C12H25N3O/c1-9(13)4-5-12(16)14-11-6-7-15(3)10(2)8-11/h9-11H,4-8,13H2,1-3H3,(H,14,16). The lowest BCUT2D eigenvalue weighted by molar-refractivity contribution is -0.122. The first-order valence-electron chi connectivity index (χ1n) is 6.24. The Labute approximate surface area is 98.6 Å². The molecule has 1 heterocycles. The Balaban J connectivity index is 2.24. The van der Waals surface area contributed by atoms with Crippen molar-refractivity contribution in [1.82, 2.24) is 10.2 Å². The molecule has 0 aromatic heterocycles. The second kappa shape index (κ2) is 6.21. The average Bonchev–Trinajstić information content (AvgIpc) is 2.21. The summed E-state index contributed by atoms with van der Waals surface area (Å²) in [5.74, 6) is 0.152. The number of nitrogens with two attached hydrogens (primary N) is 1. The van der Waals surface area contributed by atoms with Crippen LogP contribution in [0, 0.1) is 0 Å². The minimum atomic E-state index is 0.113. The van der Waals surface area contributed by atoms with E-state index in [0.717, 1.165) is 25.8 Å². The molecular weight excluding hydrogens is 202 g/mol. The third-order valence-electron chi connectivity index (χ3n) is 3.40. The molecule has 94 valence electrons. The van der Waals surface area contributed by atoms with Crippen molar-refractivity contribution in [2.45, 2.75) is 57.7 Å². The Morgan fingerprint density at radius 3 is 2.88 bits per heavy atom. The molecule has 3 atom stereocenters. The van der Waals surface area contributed by atoms with E-state index in [1.807, 2.05) is 6.92 Å². The summed E-state index contributed by atoms with van der Waals surface area (Å²) >= 11 is 0. The van der Waals surface area contributed by atoms with E-state index in [1.54, 1.807) is 0 Å². The third-order valence-corrected chi connectivity index (χ3v) is 3.40. The van der Waals surface area contributed by atoms with Crippen LogP contribution in [0.5, 0.6) is 0 Å². The lowest BCUT2D eigenvalue weighted by Crippen LogP contribution is -2.47. The first kappa shape index (κ1) is 13.5. The normalized spacial score (nSPS) is 28.8. The molecule has 0 aromatic carbocycles. The molecule has 1 amide bonds. The predicted molar refractivity (Wildman–Crippen MR) is 66.1 cm³/mol. The van der Waals surface area contributed by atoms with Gasteiger partial charge in [-0.1, -0.05) is 0 Å². The number of nitrogens with one attached hydrogen (secondary N) is 1. The summed E-state index contributed by atoms with van der Waals surface area (Å²) in [4.78, 5) is 14.0. The number of carbonyl (C=O) groups excluding carboxylic acids is 1. The maximum Gasteiger partial charge on any atom is 0.220 e. The van der Waals surface area contributed by atoms with Crippen LogP contribution in [0.4, 0.5) is 0 Å². The first-order chi connectivity index (χ1) is 7.49. The summed E-state index contributed by atoms with van der Waals surface area (Å²) in [6.45, 7) is 5.21. The second-order valence-electron chi connectivity index (χ2n) is 5.13. The fraction of sp³-hybridized carbons (Fsp3) is 0.917. The molecule has 0 aliphatic carbocycles. The number of nitrogens with zero attached hydrogens (tertiary/aromatic N) is 1. The van der Waals surface area contributed by atoms with Gasteiger partial charge in [-0.3, -0.25) is 4.79 Å². The number of rotatable bonds is 4. The number of likely N-dealkylation sites (tertiary alicyclic amines) is 1. The highest BCUT2D eigenvalue weighted by Crippen LogP contribution is 2.15. The van der Waals surface area contributed by atoms with Crippen molar-refractivity contribution in [2.24, 2.45) is 5.73 Å². The summed E-state index contributed by atoms with van der Waals surface area (Å²) < 4.78 is 0. The highest BCUT2D eigenvalue weighted by Gasteiger charge is 2.23. The molecule has 0 saturated carbocycles. The van der Waals surface area contributed by atoms with Crippen LogP contribution >= 0.6 is 0 Å². The van der Waals surface area contributed by atoms with Crippen LogP contribution in [-0.2, 0) is 4.79 Å². The SMILES string of the molecule is CC(N)CCC(=O)NC1CCN(C)C(C)C1. The lowest BCUT2D eigenvalue weighted by atomic mass is 9.98. The monoisotopic (exact) mass is 227 g/mol. The van der Waals surface area contributed by atoms with Gasteiger partial charge in [0.05, 0.1) is 0 Å². The van der Waals surface area contributed by atoms with Gasteiger partial charge in [0.1, 0.15) is 0 Å². The van der Waals surface area contributed by atoms with Crippen LogP contribution in [0.15, 0.2) is 0 Å². The largest absolute Gasteiger partial charge is 0.353 e. The average molecular weight is 227 g/mol. The van der Waals surface area contributed by atoms with Crippen LogP contribution < -0.4 is 11.1 Å². The molecule has 0 radical (unpaired) electrons. The van der Waals surface area contributed by atoms with Gasteiger partial charge in [0.15, 0.2) is 0 Å². The molecule has 4 nitrogen and oxygen atoms in total. The van der Waals surface area contributed by atoms with E-state index < -0.39 is 0 Å². The molecule has 0 spiro atoms. The molecular formula is C12H25N3O. The van der Waals surface area contributed by atoms with Crippen molar-refractivity contribution in [2.75, 3.05) is 13.6 Å². The second-order valence-corrected chi connectivity index (χ2v) is 5.13. The van der Waals surface area contributed by atoms with Gasteiger partial charge in [-0.05, 0) is 40.2 Å². The molecule has 1 aliphatic heterocycles. The van der Waals surface area contributed by atoms with Crippen LogP contribution in [0.25, 0.3) is 0 Å². The molecule has 4 heteroatoms. The highest BCUT2D eigenvalue weighted by atomic mass is 16.1. The van der Waals surface area contributed by atoms with Gasteiger partial charge in [-0.2, -0.15) is 0 Å². The van der Waals surface area contributed by atoms with E-state index in [0.29, 0.717) is 18.5 Å². The first-order valence-corrected chi connectivity index (χ1v) is 6.24. The summed E-state index contributed by atoms with van der Waals surface area (Å²) in [7, 11) is 2.14. The van der Waals surface area contributed by atoms with E-state index in [9.17, 15) is 4.79 Å². The zero-order valence-electron chi connectivity index (χ0n) is 10.7.